The van der Waals surface area contributed by atoms with E-state index in [4.69, 9.17) is 4.98 Å². The molecule has 0 radical (unpaired) electrons. The van der Waals surface area contributed by atoms with Gasteiger partial charge in [0.2, 0.25) is 0 Å². The van der Waals surface area contributed by atoms with Crippen LogP contribution < -0.4 is 0 Å². The lowest BCUT2D eigenvalue weighted by atomic mass is 9.97. The van der Waals surface area contributed by atoms with Gasteiger partial charge in [-0.05, 0) is 228 Å². The highest BCUT2D eigenvalue weighted by Gasteiger charge is 2.31. The van der Waals surface area contributed by atoms with Crippen LogP contribution in [-0.4, -0.2) is 100.0 Å². The number of sulfone groups is 1. The zero-order valence-corrected chi connectivity index (χ0v) is 62.3. The van der Waals surface area contributed by atoms with Gasteiger partial charge in [-0.15, -0.1) is 0 Å². The molecule has 18 nitrogen and oxygen atoms in total. The Morgan fingerprint density at radius 3 is 1.34 bits per heavy atom. The molecule has 0 amide bonds. The van der Waals surface area contributed by atoms with Gasteiger partial charge in [-0.3, -0.25) is 39.0 Å². The van der Waals surface area contributed by atoms with Gasteiger partial charge in [0.25, 0.3) is 0 Å². The van der Waals surface area contributed by atoms with E-state index < -0.39 is 27.7 Å². The second-order valence-electron chi connectivity index (χ2n) is 28.9. The number of fused-ring (bicyclic) bond motifs is 8. The number of hydrogen-bond donors (Lipinski definition) is 4. The zero-order valence-electron chi connectivity index (χ0n) is 61.5. The predicted molar refractivity (Wildman–Crippen MR) is 416 cm³/mol. The molecule has 4 N–H and O–H groups in total. The third kappa shape index (κ3) is 14.7. The molecule has 13 aromatic rings. The van der Waals surface area contributed by atoms with Crippen LogP contribution in [0.4, 0.5) is 17.6 Å². The molecule has 3 aliphatic rings. The van der Waals surface area contributed by atoms with E-state index in [1.807, 2.05) is 53.6 Å². The number of aromatic nitrogens is 7. The number of rotatable bonds is 18. The summed E-state index contributed by atoms with van der Waals surface area (Å²) in [5, 5.41) is 39.4. The van der Waals surface area contributed by atoms with Gasteiger partial charge in [-0.25, -0.2) is 31.0 Å². The van der Waals surface area contributed by atoms with E-state index in [2.05, 4.69) is 100 Å². The molecule has 16 rings (SSSR count). The summed E-state index contributed by atoms with van der Waals surface area (Å²) in [7, 11) is -3.46. The normalized spacial score (nSPS) is 12.8. The van der Waals surface area contributed by atoms with Crippen LogP contribution in [0.3, 0.4) is 0 Å². The Hall–Kier alpha value is -11.6. The minimum Gasteiger partial charge on any atom is -0.481 e. The Balaban J connectivity index is 0.000000127. The summed E-state index contributed by atoms with van der Waals surface area (Å²) in [6.45, 7) is 20.0. The minimum atomic E-state index is -3.46. The Morgan fingerprint density at radius 2 is 0.870 bits per heavy atom. The molecule has 3 aliphatic heterocycles. The average Bonchev–Trinajstić information content (AvgIpc) is 1.59. The number of aromatic amines is 1. The molecular weight excluding hydrogens is 1400 g/mol. The quantitative estimate of drug-likeness (QED) is 0.0592. The fourth-order valence-corrected chi connectivity index (χ4v) is 16.6. The van der Waals surface area contributed by atoms with Gasteiger partial charge < -0.3 is 29.0 Å². The first-order valence-electron chi connectivity index (χ1n) is 35.9. The van der Waals surface area contributed by atoms with E-state index >= 15 is 0 Å². The molecule has 7 aromatic carbocycles. The highest BCUT2D eigenvalue weighted by molar-refractivity contribution is 7.91. The van der Waals surface area contributed by atoms with Crippen LogP contribution in [0.5, 0.6) is 0 Å². The van der Waals surface area contributed by atoms with Crippen LogP contribution in [-0.2, 0) is 63.1 Å². The summed E-state index contributed by atoms with van der Waals surface area (Å²) >= 11 is 0. The van der Waals surface area contributed by atoms with Crippen molar-refractivity contribution in [2.45, 2.75) is 149 Å². The van der Waals surface area contributed by atoms with Crippen molar-refractivity contribution in [3.8, 4) is 22.7 Å². The molecule has 0 saturated heterocycles. The number of carboxylic acids is 3. The van der Waals surface area contributed by atoms with Crippen molar-refractivity contribution in [2.75, 3.05) is 6.26 Å². The number of halogens is 4. The molecule has 0 saturated carbocycles. The maximum absolute atomic E-state index is 13.8. The van der Waals surface area contributed by atoms with Gasteiger partial charge in [0.05, 0.1) is 58.5 Å². The van der Waals surface area contributed by atoms with Crippen molar-refractivity contribution >= 4 is 101 Å². The second kappa shape index (κ2) is 30.3. The van der Waals surface area contributed by atoms with Crippen molar-refractivity contribution < 1.29 is 55.7 Å². The van der Waals surface area contributed by atoms with Crippen LogP contribution in [0.25, 0.3) is 77.4 Å². The summed E-state index contributed by atoms with van der Waals surface area (Å²) in [5.74, 6) is -3.13. The Kier molecular flexibility index (Phi) is 21.0. The van der Waals surface area contributed by atoms with E-state index in [9.17, 15) is 55.7 Å². The topological polar surface area (TPSA) is 244 Å². The first-order chi connectivity index (χ1) is 51.5. The second-order valence-corrected chi connectivity index (χ2v) is 30.8. The molecular formula is C85H82F4N10O8S. The van der Waals surface area contributed by atoms with Gasteiger partial charge >= 0.3 is 17.9 Å². The summed E-state index contributed by atoms with van der Waals surface area (Å²) in [5.41, 5.74) is 21.4. The molecule has 0 spiro atoms. The lowest BCUT2D eigenvalue weighted by Crippen LogP contribution is -2.07. The van der Waals surface area contributed by atoms with Crippen molar-refractivity contribution in [1.29, 1.82) is 0 Å². The fourth-order valence-electron chi connectivity index (χ4n) is 15.3. The molecule has 108 heavy (non-hydrogen) atoms. The van der Waals surface area contributed by atoms with E-state index in [0.29, 0.717) is 54.7 Å². The Morgan fingerprint density at radius 1 is 0.472 bits per heavy atom. The average molecular weight is 1480 g/mol. The van der Waals surface area contributed by atoms with Crippen LogP contribution in [0, 0.1) is 30.2 Å². The Bertz CT molecular complexity index is 5770. The van der Waals surface area contributed by atoms with Crippen molar-refractivity contribution in [1.82, 2.24) is 33.4 Å². The van der Waals surface area contributed by atoms with E-state index in [1.165, 1.54) is 48.7 Å². The van der Waals surface area contributed by atoms with Gasteiger partial charge in [-0.2, -0.15) is 5.10 Å². The lowest BCUT2D eigenvalue weighted by Gasteiger charge is -2.15. The summed E-state index contributed by atoms with van der Waals surface area (Å²) in [4.78, 5) is 51.7. The number of nitrogens with one attached hydrogen (secondary N) is 1. The SMILES string of the molecule is CC(C)c1c(CCC(=O)O)c2cc3c(cc2n1-c1ccc(F)cc1)C=NC3.CC(C)c1c(CCC(=O)O)c2cc3c(nc2n1-c1ccc(F)cc1)C=NC3.CC(C)c1c(CCC(=O)O)c2cc3cn[nH]c3cc2n1-c1ccc(F)cc1.Cc1cc(-n2c(C(C)C)c(S(C)(=O)=O)c3cc4c(cc32)C=NC4)ccc1F. The van der Waals surface area contributed by atoms with Gasteiger partial charge in [0.15, 0.2) is 9.84 Å². The Labute approximate surface area is 621 Å². The van der Waals surface area contributed by atoms with Crippen molar-refractivity contribution in [3.05, 3.63) is 241 Å². The molecule has 0 bridgehead atoms. The van der Waals surface area contributed by atoms with Crippen LogP contribution in [0.1, 0.15) is 177 Å². The standard InChI is InChI=1S/C22H21FN2O2.2C21H20FN3O2.C21H21FN2O2S/c1-13(2)22-18(7-8-21(26)27)19-9-14-11-24-12-15(14)10-20(19)25(22)17-5-3-16(23)4-6-17;1-12(2)21-16(7-8-20(26)27)17-9-13-11-23-24-18(13)10-19(17)25(21)15-5-3-14(22)4-6-15;1-12(2)20-16(7-8-19(26)27)17-9-13-10-23-11-18(13)24-21(17)25(20)15-5-3-14(22)4-6-15;1-12(2)20-21(27(4,25)26)17-8-14-10-23-11-15(14)9-19(17)24(20)16-5-6-18(22)13(3)7-16/h3-6,9-10,12-13H,7-8,11H2,1-2H3,(H,26,27);3-6,9-12H,7-8H2,1-2H3,(H,23,24)(H,26,27);3-6,9,11-12H,7-8,10H2,1-2H3,(H,26,27);5-9,11-12H,10H2,1-4H3. The van der Waals surface area contributed by atoms with Gasteiger partial charge in [-0.1, -0.05) is 55.4 Å². The number of benzene rings is 7. The number of carboxylic acid groups (broad SMARTS) is 3. The summed E-state index contributed by atoms with van der Waals surface area (Å²) in [6, 6.07) is 38.3. The maximum atomic E-state index is 13.8. The molecule has 0 aliphatic carbocycles. The lowest BCUT2D eigenvalue weighted by molar-refractivity contribution is -0.138. The summed E-state index contributed by atoms with van der Waals surface area (Å²) in [6.07, 6.45) is 10.00. The number of hydrogen-bond acceptors (Lipinski definition) is 10. The van der Waals surface area contributed by atoms with Gasteiger partial charge in [0, 0.05) is 122 Å². The molecule has 0 unspecified atom stereocenters. The molecule has 23 heteroatoms. The number of pyridine rings is 1. The summed E-state index contributed by atoms with van der Waals surface area (Å²) < 4.78 is 88.0. The molecule has 6 aromatic heterocycles. The van der Waals surface area contributed by atoms with Crippen molar-refractivity contribution in [2.24, 2.45) is 15.0 Å². The smallest absolute Gasteiger partial charge is 0.303 e. The van der Waals surface area contributed by atoms with E-state index in [-0.39, 0.29) is 66.2 Å². The number of aryl methyl sites for hydroxylation is 4. The van der Waals surface area contributed by atoms with Gasteiger partial charge in [0.1, 0.15) is 28.9 Å². The number of aliphatic imine (C=N–C) groups is 3. The number of H-pyrrole nitrogens is 1. The zero-order chi connectivity index (χ0) is 76.9. The first kappa shape index (κ1) is 74.7. The largest absolute Gasteiger partial charge is 0.481 e. The third-order valence-corrected chi connectivity index (χ3v) is 21.1. The first-order valence-corrected chi connectivity index (χ1v) is 37.8. The highest BCUT2D eigenvalue weighted by Crippen LogP contribution is 2.43. The highest BCUT2D eigenvalue weighted by atomic mass is 32.2. The molecule has 554 valence electrons. The van der Waals surface area contributed by atoms with Crippen molar-refractivity contribution in [3.63, 3.8) is 0 Å². The van der Waals surface area contributed by atoms with E-state index in [0.717, 1.165) is 145 Å². The third-order valence-electron chi connectivity index (χ3n) is 19.9. The minimum absolute atomic E-state index is 0.0315. The number of carbonyl (C=O) groups is 3. The van der Waals surface area contributed by atoms with E-state index in [1.54, 1.807) is 67.9 Å². The van der Waals surface area contributed by atoms with Crippen LogP contribution in [0.15, 0.2) is 160 Å². The molecule has 0 atom stereocenters. The molecule has 0 fully saturated rings. The van der Waals surface area contributed by atoms with Crippen LogP contribution in [0.2, 0.25) is 0 Å². The predicted octanol–water partition coefficient (Wildman–Crippen LogP) is 18.4. The number of nitrogens with zero attached hydrogens (tertiary/aromatic N) is 9. The maximum Gasteiger partial charge on any atom is 0.303 e. The monoisotopic (exact) mass is 1480 g/mol. The fraction of sp³-hybridized carbons (Fsp3) is 0.271. The van der Waals surface area contributed by atoms with Crippen LogP contribution >= 0.6 is 0 Å². The number of aliphatic carboxylic acids is 3. The molecule has 9 heterocycles.